The summed E-state index contributed by atoms with van der Waals surface area (Å²) in [6, 6.07) is 1.75. The molecule has 0 saturated heterocycles. The minimum absolute atomic E-state index is 0.0147. The molecule has 15 heavy (non-hydrogen) atoms. The lowest BCUT2D eigenvalue weighted by Gasteiger charge is -2.26. The molecule has 1 unspecified atom stereocenters. The molecule has 1 aromatic rings. The third kappa shape index (κ3) is 1.68. The van der Waals surface area contributed by atoms with Crippen LogP contribution >= 0.6 is 0 Å². The van der Waals surface area contributed by atoms with E-state index in [1.54, 1.807) is 6.07 Å². The molecule has 0 fully saturated rings. The van der Waals surface area contributed by atoms with Crippen molar-refractivity contribution in [2.45, 2.75) is 25.2 Å². The molecule has 0 bridgehead atoms. The molecule has 0 aliphatic carbocycles. The number of anilines is 1. The zero-order valence-corrected chi connectivity index (χ0v) is 9.73. The van der Waals surface area contributed by atoms with E-state index in [4.69, 9.17) is 5.73 Å². The van der Waals surface area contributed by atoms with E-state index in [0.717, 1.165) is 17.5 Å². The number of phenols is 1. The van der Waals surface area contributed by atoms with Gasteiger partial charge in [0.15, 0.2) is 10.6 Å². The second-order valence-corrected chi connectivity index (χ2v) is 5.69. The zero-order valence-electron chi connectivity index (χ0n) is 8.91. The van der Waals surface area contributed by atoms with E-state index in [-0.39, 0.29) is 5.75 Å². The SMILES string of the molecule is Cc1cc(N)c(O)c2c1CC(C)C[S@@+]2[O-]. The topological polar surface area (TPSA) is 69.3 Å². The van der Waals surface area contributed by atoms with Crippen LogP contribution in [0.15, 0.2) is 11.0 Å². The van der Waals surface area contributed by atoms with Crippen molar-refractivity contribution in [3.63, 3.8) is 0 Å². The van der Waals surface area contributed by atoms with Crippen LogP contribution in [0.3, 0.4) is 0 Å². The van der Waals surface area contributed by atoms with Crippen molar-refractivity contribution in [1.29, 1.82) is 0 Å². The normalized spacial score (nSPS) is 25.0. The lowest BCUT2D eigenvalue weighted by Crippen LogP contribution is -2.24. The first kappa shape index (κ1) is 10.6. The molecule has 0 radical (unpaired) electrons. The lowest BCUT2D eigenvalue weighted by atomic mass is 9.97. The van der Waals surface area contributed by atoms with Gasteiger partial charge in [-0.05, 0) is 36.2 Å². The average molecular weight is 225 g/mol. The molecular weight excluding hydrogens is 210 g/mol. The summed E-state index contributed by atoms with van der Waals surface area (Å²) in [5.41, 5.74) is 8.03. The number of aromatic hydroxyl groups is 1. The van der Waals surface area contributed by atoms with E-state index in [9.17, 15) is 9.66 Å². The van der Waals surface area contributed by atoms with Crippen LogP contribution in [0.5, 0.6) is 5.75 Å². The van der Waals surface area contributed by atoms with E-state index in [1.165, 1.54) is 0 Å². The summed E-state index contributed by atoms with van der Waals surface area (Å²) in [7, 11) is 0. The van der Waals surface area contributed by atoms with E-state index < -0.39 is 11.2 Å². The number of hydrogen-bond donors (Lipinski definition) is 2. The molecule has 1 heterocycles. The summed E-state index contributed by atoms with van der Waals surface area (Å²) in [6.45, 7) is 4.03. The fourth-order valence-corrected chi connectivity index (χ4v) is 3.74. The Morgan fingerprint density at radius 1 is 1.60 bits per heavy atom. The van der Waals surface area contributed by atoms with Gasteiger partial charge in [0.25, 0.3) is 0 Å². The molecular formula is C11H15NO2S. The van der Waals surface area contributed by atoms with Crippen LogP contribution < -0.4 is 5.73 Å². The van der Waals surface area contributed by atoms with Crippen molar-refractivity contribution in [2.75, 3.05) is 11.5 Å². The molecule has 1 aliphatic heterocycles. The number of nitrogen functional groups attached to an aromatic ring is 1. The Morgan fingerprint density at radius 3 is 2.93 bits per heavy atom. The quantitative estimate of drug-likeness (QED) is 0.400. The first-order chi connectivity index (χ1) is 7.00. The van der Waals surface area contributed by atoms with Gasteiger partial charge >= 0.3 is 0 Å². The zero-order chi connectivity index (χ0) is 11.2. The van der Waals surface area contributed by atoms with Gasteiger partial charge in [-0.2, -0.15) is 0 Å². The van der Waals surface area contributed by atoms with Crippen molar-refractivity contribution < 1.29 is 9.66 Å². The smallest absolute Gasteiger partial charge is 0.200 e. The summed E-state index contributed by atoms with van der Waals surface area (Å²) in [5.74, 6) is 1.03. The van der Waals surface area contributed by atoms with Crippen LogP contribution in [0.4, 0.5) is 5.69 Å². The molecule has 3 N–H and O–H groups in total. The molecule has 0 spiro atoms. The molecule has 82 valence electrons. The van der Waals surface area contributed by atoms with Crippen molar-refractivity contribution in [3.8, 4) is 5.75 Å². The van der Waals surface area contributed by atoms with Crippen LogP contribution in [0.2, 0.25) is 0 Å². The number of rotatable bonds is 0. The van der Waals surface area contributed by atoms with Crippen LogP contribution in [-0.4, -0.2) is 15.4 Å². The Labute approximate surface area is 92.5 Å². The predicted octanol–water partition coefficient (Wildman–Crippen LogP) is 1.58. The summed E-state index contributed by atoms with van der Waals surface area (Å²) >= 11 is -1.11. The number of hydrogen-bond acceptors (Lipinski definition) is 3. The fraction of sp³-hybridized carbons (Fsp3) is 0.455. The van der Waals surface area contributed by atoms with Gasteiger partial charge in [0.2, 0.25) is 0 Å². The lowest BCUT2D eigenvalue weighted by molar-refractivity contribution is 0.453. The Hall–Kier alpha value is -0.870. The first-order valence-corrected chi connectivity index (χ1v) is 6.32. The Balaban J connectivity index is 2.63. The van der Waals surface area contributed by atoms with Crippen molar-refractivity contribution in [1.82, 2.24) is 0 Å². The highest BCUT2D eigenvalue weighted by atomic mass is 32.2. The highest BCUT2D eigenvalue weighted by Crippen LogP contribution is 2.39. The van der Waals surface area contributed by atoms with Crippen molar-refractivity contribution >= 4 is 16.9 Å². The van der Waals surface area contributed by atoms with E-state index in [0.29, 0.717) is 22.3 Å². The van der Waals surface area contributed by atoms with Gasteiger partial charge in [0.1, 0.15) is 5.75 Å². The molecule has 0 amide bonds. The summed E-state index contributed by atoms with van der Waals surface area (Å²) in [4.78, 5) is 0.561. The second kappa shape index (κ2) is 3.61. The third-order valence-electron chi connectivity index (χ3n) is 2.83. The summed E-state index contributed by atoms with van der Waals surface area (Å²) in [6.07, 6.45) is 0.876. The summed E-state index contributed by atoms with van der Waals surface area (Å²) < 4.78 is 11.9. The minimum atomic E-state index is -1.11. The molecule has 0 aromatic heterocycles. The predicted molar refractivity (Wildman–Crippen MR) is 61.4 cm³/mol. The molecule has 0 saturated carbocycles. The average Bonchev–Trinajstić information content (AvgIpc) is 2.13. The van der Waals surface area contributed by atoms with E-state index in [2.05, 4.69) is 6.92 Å². The minimum Gasteiger partial charge on any atom is -0.611 e. The van der Waals surface area contributed by atoms with Crippen LogP contribution in [0.1, 0.15) is 18.1 Å². The van der Waals surface area contributed by atoms with E-state index >= 15 is 0 Å². The van der Waals surface area contributed by atoms with Gasteiger partial charge in [-0.1, -0.05) is 6.92 Å². The Bertz CT molecular complexity index is 406. The monoisotopic (exact) mass is 225 g/mol. The Morgan fingerprint density at radius 2 is 2.27 bits per heavy atom. The standard InChI is InChI=1S/C11H15NO2S/c1-6-3-8-7(2)4-9(12)10(13)11(8)15(14)5-6/h4,6,13H,3,5,12H2,1-2H3/t6?,15-/m1/s1. The van der Waals surface area contributed by atoms with Gasteiger partial charge in [-0.15, -0.1) is 0 Å². The van der Waals surface area contributed by atoms with Gasteiger partial charge in [-0.3, -0.25) is 0 Å². The second-order valence-electron chi connectivity index (χ2n) is 4.26. The summed E-state index contributed by atoms with van der Waals surface area (Å²) in [5, 5.41) is 9.81. The van der Waals surface area contributed by atoms with Crippen LogP contribution in [-0.2, 0) is 17.6 Å². The van der Waals surface area contributed by atoms with Gasteiger partial charge in [0.05, 0.1) is 5.69 Å². The fourth-order valence-electron chi connectivity index (χ4n) is 2.09. The molecule has 2 rings (SSSR count). The highest BCUT2D eigenvalue weighted by molar-refractivity contribution is 7.91. The number of nitrogens with two attached hydrogens (primary N) is 1. The molecule has 1 aliphatic rings. The molecule has 1 aromatic carbocycles. The van der Waals surface area contributed by atoms with Crippen LogP contribution in [0, 0.1) is 12.8 Å². The number of benzene rings is 1. The molecule has 4 heteroatoms. The van der Waals surface area contributed by atoms with E-state index in [1.807, 2.05) is 6.92 Å². The largest absolute Gasteiger partial charge is 0.611 e. The molecule has 3 nitrogen and oxygen atoms in total. The Kier molecular flexibility index (Phi) is 2.56. The number of fused-ring (bicyclic) bond motifs is 1. The molecule has 2 atom stereocenters. The van der Waals surface area contributed by atoms with Crippen molar-refractivity contribution in [2.24, 2.45) is 5.92 Å². The number of aryl methyl sites for hydroxylation is 1. The first-order valence-electron chi connectivity index (χ1n) is 5.00. The van der Waals surface area contributed by atoms with Gasteiger partial charge < -0.3 is 15.4 Å². The van der Waals surface area contributed by atoms with Gasteiger partial charge in [-0.25, -0.2) is 0 Å². The number of phenolic OH excluding ortho intramolecular Hbond substituents is 1. The maximum absolute atomic E-state index is 11.9. The van der Waals surface area contributed by atoms with Crippen molar-refractivity contribution in [3.05, 3.63) is 17.2 Å². The maximum atomic E-state index is 11.9. The maximum Gasteiger partial charge on any atom is 0.200 e. The highest BCUT2D eigenvalue weighted by Gasteiger charge is 2.32. The van der Waals surface area contributed by atoms with Gasteiger partial charge in [0, 0.05) is 11.5 Å². The van der Waals surface area contributed by atoms with Crippen LogP contribution in [0.25, 0.3) is 0 Å². The third-order valence-corrected chi connectivity index (χ3v) is 4.59.